The number of ether oxygens (including phenoxy) is 4. The largest absolute Gasteiger partial charge is 0.472 e. The molecule has 8 atom stereocenters. The molecule has 0 aromatic heterocycles. The monoisotopic (exact) mass is 1270 g/mol. The van der Waals surface area contributed by atoms with Gasteiger partial charge in [-0.05, 0) is 49.4 Å². The second kappa shape index (κ2) is 57.0. The van der Waals surface area contributed by atoms with Crippen LogP contribution in [0.4, 0.5) is 0 Å². The van der Waals surface area contributed by atoms with Gasteiger partial charge in [-0.15, -0.1) is 0 Å². The van der Waals surface area contributed by atoms with Crippen molar-refractivity contribution in [3.8, 4) is 0 Å². The van der Waals surface area contributed by atoms with Crippen molar-refractivity contribution in [2.75, 3.05) is 39.6 Å². The molecule has 510 valence electrons. The van der Waals surface area contributed by atoms with Gasteiger partial charge in [0.15, 0.2) is 12.2 Å². The van der Waals surface area contributed by atoms with E-state index >= 15 is 0 Å². The maximum Gasteiger partial charge on any atom is 0.472 e. The summed E-state index contributed by atoms with van der Waals surface area (Å²) < 4.78 is 68.2. The fourth-order valence-electron chi connectivity index (χ4n) is 9.86. The van der Waals surface area contributed by atoms with Gasteiger partial charge in [0.25, 0.3) is 0 Å². The second-order valence-corrected chi connectivity index (χ2v) is 28.3. The summed E-state index contributed by atoms with van der Waals surface area (Å²) in [6.07, 6.45) is 37.5. The maximum absolute atomic E-state index is 13.0. The third kappa shape index (κ3) is 57.2. The lowest BCUT2D eigenvalue weighted by molar-refractivity contribution is -0.161. The fraction of sp³-hybridized carbons (Fsp3) is 0.940. The van der Waals surface area contributed by atoms with Crippen molar-refractivity contribution in [1.29, 1.82) is 0 Å². The molecule has 0 saturated heterocycles. The maximum atomic E-state index is 13.0. The smallest absolute Gasteiger partial charge is 0.462 e. The normalized spacial score (nSPS) is 15.3. The Hall–Kier alpha value is -1.94. The third-order valence-corrected chi connectivity index (χ3v) is 18.3. The van der Waals surface area contributed by atoms with Crippen LogP contribution < -0.4 is 0 Å². The Morgan fingerprint density at radius 2 is 0.558 bits per heavy atom. The van der Waals surface area contributed by atoms with Crippen molar-refractivity contribution < 1.29 is 80.2 Å². The lowest BCUT2D eigenvalue weighted by Crippen LogP contribution is -2.30. The summed E-state index contributed by atoms with van der Waals surface area (Å²) in [7, 11) is -9.90. The number of carbonyl (C=O) groups is 4. The summed E-state index contributed by atoms with van der Waals surface area (Å²) >= 11 is 0. The van der Waals surface area contributed by atoms with Gasteiger partial charge in [-0.3, -0.25) is 37.3 Å². The molecule has 86 heavy (non-hydrogen) atoms. The van der Waals surface area contributed by atoms with E-state index in [0.717, 1.165) is 120 Å². The van der Waals surface area contributed by atoms with Crippen molar-refractivity contribution in [2.24, 2.45) is 23.7 Å². The van der Waals surface area contributed by atoms with Gasteiger partial charge in [0.2, 0.25) is 0 Å². The van der Waals surface area contributed by atoms with E-state index in [9.17, 15) is 43.2 Å². The molecule has 3 N–H and O–H groups in total. The first-order chi connectivity index (χ1) is 41.2. The highest BCUT2D eigenvalue weighted by atomic mass is 31.2. The highest BCUT2D eigenvalue weighted by molar-refractivity contribution is 7.47. The number of esters is 4. The van der Waals surface area contributed by atoms with Gasteiger partial charge in [-0.2, -0.15) is 0 Å². The number of hydrogen-bond donors (Lipinski definition) is 3. The van der Waals surface area contributed by atoms with Gasteiger partial charge in [0.1, 0.15) is 19.3 Å². The Kier molecular flexibility index (Phi) is 55.7. The second-order valence-electron chi connectivity index (χ2n) is 25.4. The van der Waals surface area contributed by atoms with Gasteiger partial charge in [0, 0.05) is 25.7 Å². The molecule has 0 bridgehead atoms. The number of aliphatic hydroxyl groups excluding tert-OH is 1. The van der Waals surface area contributed by atoms with Crippen LogP contribution in [0.25, 0.3) is 0 Å². The average Bonchev–Trinajstić information content (AvgIpc) is 3.70. The quantitative estimate of drug-likeness (QED) is 0.0222. The van der Waals surface area contributed by atoms with E-state index in [0.29, 0.717) is 25.7 Å². The van der Waals surface area contributed by atoms with E-state index in [1.54, 1.807) is 0 Å². The average molecular weight is 1270 g/mol. The molecule has 0 aliphatic rings. The predicted octanol–water partition coefficient (Wildman–Crippen LogP) is 18.5. The Labute approximate surface area is 524 Å². The van der Waals surface area contributed by atoms with Crippen LogP contribution in [-0.4, -0.2) is 96.7 Å². The first-order valence-electron chi connectivity index (χ1n) is 34.8. The van der Waals surface area contributed by atoms with Crippen molar-refractivity contribution >= 4 is 39.5 Å². The Bertz CT molecular complexity index is 1720. The minimum Gasteiger partial charge on any atom is -0.462 e. The summed E-state index contributed by atoms with van der Waals surface area (Å²) in [5.74, 6) is 0.878. The molecule has 0 aromatic rings. The zero-order valence-electron chi connectivity index (χ0n) is 55.9. The van der Waals surface area contributed by atoms with E-state index in [-0.39, 0.29) is 25.7 Å². The molecule has 5 unspecified atom stereocenters. The molecule has 0 heterocycles. The van der Waals surface area contributed by atoms with Crippen LogP contribution in [0.15, 0.2) is 0 Å². The minimum absolute atomic E-state index is 0.104. The summed E-state index contributed by atoms with van der Waals surface area (Å²) in [6, 6.07) is 0. The fourth-order valence-corrected chi connectivity index (χ4v) is 11.4. The Morgan fingerprint density at radius 3 is 0.826 bits per heavy atom. The Morgan fingerprint density at radius 1 is 0.326 bits per heavy atom. The van der Waals surface area contributed by atoms with E-state index in [1.165, 1.54) is 122 Å². The van der Waals surface area contributed by atoms with Crippen molar-refractivity contribution in [1.82, 2.24) is 0 Å². The molecule has 0 aliphatic carbocycles. The lowest BCUT2D eigenvalue weighted by Gasteiger charge is -2.21. The van der Waals surface area contributed by atoms with E-state index in [4.69, 9.17) is 37.0 Å². The van der Waals surface area contributed by atoms with E-state index in [1.807, 2.05) is 0 Å². The van der Waals surface area contributed by atoms with Crippen LogP contribution >= 0.6 is 15.6 Å². The van der Waals surface area contributed by atoms with Crippen LogP contribution in [0.2, 0.25) is 0 Å². The molecule has 0 amide bonds. The lowest BCUT2D eigenvalue weighted by atomic mass is 9.99. The summed E-state index contributed by atoms with van der Waals surface area (Å²) in [5, 5.41) is 10.6. The highest BCUT2D eigenvalue weighted by Gasteiger charge is 2.30. The van der Waals surface area contributed by atoms with Crippen LogP contribution in [-0.2, 0) is 65.4 Å². The molecule has 0 radical (unpaired) electrons. The van der Waals surface area contributed by atoms with Gasteiger partial charge < -0.3 is 33.8 Å². The van der Waals surface area contributed by atoms with E-state index in [2.05, 4.69) is 55.4 Å². The molecule has 0 rings (SSSR count). The molecule has 0 fully saturated rings. The van der Waals surface area contributed by atoms with Crippen LogP contribution in [0, 0.1) is 23.7 Å². The van der Waals surface area contributed by atoms with Crippen LogP contribution in [0.3, 0.4) is 0 Å². The highest BCUT2D eigenvalue weighted by Crippen LogP contribution is 2.45. The summed E-state index contributed by atoms with van der Waals surface area (Å²) in [6.45, 7) is 14.1. The molecular weight excluding hydrogens is 1140 g/mol. The van der Waals surface area contributed by atoms with E-state index < -0.39 is 97.5 Å². The first kappa shape index (κ1) is 84.1. The van der Waals surface area contributed by atoms with Crippen molar-refractivity contribution in [2.45, 2.75) is 343 Å². The summed E-state index contributed by atoms with van der Waals surface area (Å²) in [5.41, 5.74) is 0. The molecule has 0 aromatic carbocycles. The van der Waals surface area contributed by atoms with Crippen molar-refractivity contribution in [3.05, 3.63) is 0 Å². The van der Waals surface area contributed by atoms with Gasteiger partial charge in [0.05, 0.1) is 26.4 Å². The molecule has 19 heteroatoms. The molecular formula is C67H130O17P2. The van der Waals surface area contributed by atoms with Crippen LogP contribution in [0.5, 0.6) is 0 Å². The molecule has 0 spiro atoms. The Balaban J connectivity index is 5.28. The standard InChI is InChI=1S/C67H130O17P2/c1-9-58(6)44-36-28-20-15-17-22-31-39-47-64(69)77-53-62(84-67(72)50-42-34-24-18-16-21-29-37-45-59(7)10-2)55-81-85(73,74)79-51-61(68)52-80-86(75,76)82-56-63(54-78-65(70)48-40-32-26-25-30-38-46-60(8)11-3)83-66(71)49-41-33-23-14-12-13-19-27-35-43-57(4)5/h57-63,68H,9-56H2,1-8H3,(H,73,74)(H,75,76)/t58?,59?,60?,61-,62-,63-/m1/s1. The van der Waals surface area contributed by atoms with Gasteiger partial charge in [-0.25, -0.2) is 9.13 Å². The number of unbranched alkanes of at least 4 members (excludes halogenated alkanes) is 27. The number of carbonyl (C=O) groups excluding carboxylic acids is 4. The van der Waals surface area contributed by atoms with Crippen molar-refractivity contribution in [3.63, 3.8) is 0 Å². The number of phosphoric ester groups is 2. The number of aliphatic hydroxyl groups is 1. The van der Waals surface area contributed by atoms with Crippen LogP contribution in [0.1, 0.15) is 325 Å². The predicted molar refractivity (Wildman–Crippen MR) is 344 cm³/mol. The number of phosphoric acid groups is 2. The zero-order chi connectivity index (χ0) is 63.9. The minimum atomic E-state index is -4.95. The number of rotatable bonds is 64. The van der Waals surface area contributed by atoms with Gasteiger partial charge in [-0.1, -0.05) is 274 Å². The molecule has 0 aliphatic heterocycles. The van der Waals surface area contributed by atoms with Gasteiger partial charge >= 0.3 is 39.5 Å². The first-order valence-corrected chi connectivity index (χ1v) is 37.8. The summed E-state index contributed by atoms with van der Waals surface area (Å²) in [4.78, 5) is 72.4. The number of hydrogen-bond acceptors (Lipinski definition) is 15. The third-order valence-electron chi connectivity index (χ3n) is 16.4. The SMILES string of the molecule is CCC(C)CCCCCCCCCCC(=O)OC[C@H](COP(=O)(O)OC[C@@H](O)COP(=O)(O)OC[C@@H](COC(=O)CCCCCCCCC(C)CC)OC(=O)CCCCCCCCCCCC(C)C)OC(=O)CCCCCCCCCCC(C)CC. The molecule has 0 saturated carbocycles. The zero-order valence-corrected chi connectivity index (χ0v) is 57.7. The molecule has 17 nitrogen and oxygen atoms in total. The topological polar surface area (TPSA) is 237 Å².